The Balaban J connectivity index is 2.14. The third-order valence-electron chi connectivity index (χ3n) is 3.50. The van der Waals surface area contributed by atoms with Crippen LogP contribution in [0.4, 0.5) is 4.39 Å². The van der Waals surface area contributed by atoms with E-state index in [1.54, 1.807) is 12.1 Å². The molecule has 0 unspecified atom stereocenters. The van der Waals surface area contributed by atoms with Crippen molar-refractivity contribution < 1.29 is 17.5 Å². The SMILES string of the molecule is CNS(=O)(=O)[C@@H]1CCOC[C@@H]1Cc1ccc(F)cc1. The summed E-state index contributed by atoms with van der Waals surface area (Å²) in [6, 6.07) is 6.15. The lowest BCUT2D eigenvalue weighted by Gasteiger charge is -2.30. The minimum atomic E-state index is -3.30. The van der Waals surface area contributed by atoms with E-state index in [1.165, 1.54) is 19.2 Å². The lowest BCUT2D eigenvalue weighted by molar-refractivity contribution is 0.0570. The smallest absolute Gasteiger partial charge is 0.214 e. The van der Waals surface area contributed by atoms with E-state index < -0.39 is 15.3 Å². The predicted molar refractivity (Wildman–Crippen MR) is 70.8 cm³/mol. The molecule has 1 fully saturated rings. The van der Waals surface area contributed by atoms with Crippen LogP contribution in [0.15, 0.2) is 24.3 Å². The van der Waals surface area contributed by atoms with Crippen LogP contribution in [0.1, 0.15) is 12.0 Å². The number of halogens is 1. The van der Waals surface area contributed by atoms with E-state index >= 15 is 0 Å². The quantitative estimate of drug-likeness (QED) is 0.909. The van der Waals surface area contributed by atoms with E-state index in [1.807, 2.05) is 0 Å². The lowest BCUT2D eigenvalue weighted by atomic mass is 9.93. The fourth-order valence-corrected chi connectivity index (χ4v) is 3.84. The third-order valence-corrected chi connectivity index (χ3v) is 5.49. The van der Waals surface area contributed by atoms with Gasteiger partial charge in [0.1, 0.15) is 5.82 Å². The molecule has 19 heavy (non-hydrogen) atoms. The van der Waals surface area contributed by atoms with Gasteiger partial charge in [0.25, 0.3) is 0 Å². The average Bonchev–Trinajstić information content (AvgIpc) is 2.42. The van der Waals surface area contributed by atoms with E-state index in [9.17, 15) is 12.8 Å². The van der Waals surface area contributed by atoms with Crippen LogP contribution in [0.2, 0.25) is 0 Å². The van der Waals surface area contributed by atoms with Crippen molar-refractivity contribution in [2.45, 2.75) is 18.1 Å². The van der Waals surface area contributed by atoms with Crippen molar-refractivity contribution in [3.63, 3.8) is 0 Å². The van der Waals surface area contributed by atoms with E-state index in [2.05, 4.69) is 4.72 Å². The zero-order valence-electron chi connectivity index (χ0n) is 10.8. The van der Waals surface area contributed by atoms with Gasteiger partial charge in [0, 0.05) is 12.5 Å². The molecule has 0 aromatic heterocycles. The Morgan fingerprint density at radius 2 is 2.05 bits per heavy atom. The lowest BCUT2D eigenvalue weighted by Crippen LogP contribution is -2.43. The first-order valence-corrected chi connectivity index (χ1v) is 7.82. The molecule has 1 aromatic rings. The van der Waals surface area contributed by atoms with Crippen LogP contribution in [-0.2, 0) is 21.2 Å². The van der Waals surface area contributed by atoms with Crippen molar-refractivity contribution in [2.75, 3.05) is 20.3 Å². The second-order valence-electron chi connectivity index (χ2n) is 4.74. The molecule has 0 bridgehead atoms. The fourth-order valence-electron chi connectivity index (χ4n) is 2.45. The Bertz CT molecular complexity index is 515. The van der Waals surface area contributed by atoms with Gasteiger partial charge in [0.2, 0.25) is 10.0 Å². The Morgan fingerprint density at radius 1 is 1.37 bits per heavy atom. The summed E-state index contributed by atoms with van der Waals surface area (Å²) >= 11 is 0. The van der Waals surface area contributed by atoms with Crippen LogP contribution in [0.3, 0.4) is 0 Å². The molecule has 1 aliphatic rings. The third kappa shape index (κ3) is 3.52. The molecule has 0 amide bonds. The maximum Gasteiger partial charge on any atom is 0.214 e. The van der Waals surface area contributed by atoms with Gasteiger partial charge in [0.15, 0.2) is 0 Å². The molecule has 1 N–H and O–H groups in total. The molecule has 0 saturated carbocycles. The molecule has 1 aliphatic heterocycles. The van der Waals surface area contributed by atoms with Gasteiger partial charge in [0.05, 0.1) is 11.9 Å². The van der Waals surface area contributed by atoms with Gasteiger partial charge in [-0.25, -0.2) is 17.5 Å². The molecule has 0 radical (unpaired) electrons. The maximum absolute atomic E-state index is 12.9. The highest BCUT2D eigenvalue weighted by molar-refractivity contribution is 7.90. The molecule has 1 saturated heterocycles. The number of hydrogen-bond acceptors (Lipinski definition) is 3. The summed E-state index contributed by atoms with van der Waals surface area (Å²) in [6.45, 7) is 0.883. The predicted octanol–water partition coefficient (Wildman–Crippen LogP) is 1.32. The Labute approximate surface area is 113 Å². The zero-order chi connectivity index (χ0) is 13.9. The Morgan fingerprint density at radius 3 is 2.68 bits per heavy atom. The second kappa shape index (κ2) is 5.98. The fraction of sp³-hybridized carbons (Fsp3) is 0.538. The normalized spacial score (nSPS) is 24.3. The summed E-state index contributed by atoms with van der Waals surface area (Å²) in [5, 5.41) is -0.448. The van der Waals surface area contributed by atoms with Gasteiger partial charge in [-0.05, 0) is 37.6 Å². The van der Waals surface area contributed by atoms with Crippen molar-refractivity contribution in [1.29, 1.82) is 0 Å². The minimum absolute atomic E-state index is 0.100. The number of benzene rings is 1. The molecule has 2 rings (SSSR count). The molecule has 0 aliphatic carbocycles. The molecular formula is C13H18FNO3S. The van der Waals surface area contributed by atoms with Crippen LogP contribution < -0.4 is 4.72 Å². The molecule has 106 valence electrons. The second-order valence-corrected chi connectivity index (χ2v) is 6.85. The number of ether oxygens (including phenoxy) is 1. The number of nitrogens with one attached hydrogen (secondary N) is 1. The van der Waals surface area contributed by atoms with Crippen molar-refractivity contribution >= 4 is 10.0 Å². The summed E-state index contributed by atoms with van der Waals surface area (Å²) in [7, 11) is -1.87. The highest BCUT2D eigenvalue weighted by Gasteiger charge is 2.35. The summed E-state index contributed by atoms with van der Waals surface area (Å²) < 4.78 is 44.6. The van der Waals surface area contributed by atoms with E-state index in [4.69, 9.17) is 4.74 Å². The molecule has 0 spiro atoms. The van der Waals surface area contributed by atoms with E-state index in [0.29, 0.717) is 26.1 Å². The molecule has 1 aromatic carbocycles. The van der Waals surface area contributed by atoms with Gasteiger partial charge in [-0.2, -0.15) is 0 Å². The van der Waals surface area contributed by atoms with Gasteiger partial charge < -0.3 is 4.74 Å². The van der Waals surface area contributed by atoms with Crippen LogP contribution in [0, 0.1) is 11.7 Å². The molecule has 4 nitrogen and oxygen atoms in total. The van der Waals surface area contributed by atoms with Crippen molar-refractivity contribution in [2.24, 2.45) is 5.92 Å². The Kier molecular flexibility index (Phi) is 4.54. The minimum Gasteiger partial charge on any atom is -0.381 e. The number of hydrogen-bond donors (Lipinski definition) is 1. The van der Waals surface area contributed by atoms with E-state index in [0.717, 1.165) is 5.56 Å². The topological polar surface area (TPSA) is 55.4 Å². The average molecular weight is 287 g/mol. The zero-order valence-corrected chi connectivity index (χ0v) is 11.6. The number of sulfonamides is 1. The molecular weight excluding hydrogens is 269 g/mol. The first-order valence-electron chi connectivity index (χ1n) is 6.27. The van der Waals surface area contributed by atoms with Gasteiger partial charge in [-0.15, -0.1) is 0 Å². The van der Waals surface area contributed by atoms with Crippen molar-refractivity contribution in [3.05, 3.63) is 35.6 Å². The summed E-state index contributed by atoms with van der Waals surface area (Å²) in [6.07, 6.45) is 1.07. The van der Waals surface area contributed by atoms with Gasteiger partial charge in [-0.1, -0.05) is 12.1 Å². The molecule has 1 heterocycles. The monoisotopic (exact) mass is 287 g/mol. The van der Waals surface area contributed by atoms with Gasteiger partial charge >= 0.3 is 0 Å². The van der Waals surface area contributed by atoms with E-state index in [-0.39, 0.29) is 11.7 Å². The van der Waals surface area contributed by atoms with Crippen molar-refractivity contribution in [1.82, 2.24) is 4.72 Å². The summed E-state index contributed by atoms with van der Waals surface area (Å²) in [5.74, 6) is -0.389. The summed E-state index contributed by atoms with van der Waals surface area (Å²) in [5.41, 5.74) is 0.924. The highest BCUT2D eigenvalue weighted by Crippen LogP contribution is 2.25. The van der Waals surface area contributed by atoms with Crippen LogP contribution in [-0.4, -0.2) is 33.9 Å². The Hall–Kier alpha value is -0.980. The largest absolute Gasteiger partial charge is 0.381 e. The standard InChI is InChI=1S/C13H18FNO3S/c1-15-19(16,17)13-6-7-18-9-11(13)8-10-2-4-12(14)5-3-10/h2-5,11,13,15H,6-9H2,1H3/t11-,13+/m0/s1. The number of rotatable bonds is 4. The first kappa shape index (κ1) is 14.4. The molecule has 2 atom stereocenters. The first-order chi connectivity index (χ1) is 9.03. The van der Waals surface area contributed by atoms with Crippen molar-refractivity contribution in [3.8, 4) is 0 Å². The van der Waals surface area contributed by atoms with Gasteiger partial charge in [-0.3, -0.25) is 0 Å². The maximum atomic E-state index is 12.9. The summed E-state index contributed by atoms with van der Waals surface area (Å²) in [4.78, 5) is 0. The highest BCUT2D eigenvalue weighted by atomic mass is 32.2. The molecule has 6 heteroatoms. The van der Waals surface area contributed by atoms with Crippen LogP contribution >= 0.6 is 0 Å². The van der Waals surface area contributed by atoms with Crippen LogP contribution in [0.25, 0.3) is 0 Å². The van der Waals surface area contributed by atoms with Crippen LogP contribution in [0.5, 0.6) is 0 Å².